The topological polar surface area (TPSA) is 10.9 Å². The Hall–Kier alpha value is -8.70. The van der Waals surface area contributed by atoms with Crippen molar-refractivity contribution in [3.05, 3.63) is 245 Å². The van der Waals surface area contributed by atoms with Crippen molar-refractivity contribution in [1.29, 1.82) is 0 Å². The second-order valence-electron chi connectivity index (χ2n) is 29.1. The lowest BCUT2D eigenvalue weighted by Crippen LogP contribution is -2.17. The van der Waals surface area contributed by atoms with Crippen molar-refractivity contribution in [2.75, 3.05) is 9.80 Å². The van der Waals surface area contributed by atoms with E-state index in [4.69, 9.17) is 0 Å². The van der Waals surface area contributed by atoms with Gasteiger partial charge in [-0.3, -0.25) is 0 Å². The molecule has 0 atom stereocenters. The Labute approximate surface area is 510 Å². The maximum absolute atomic E-state index is 2.59. The highest BCUT2D eigenvalue weighted by Gasteiger charge is 2.38. The molecule has 14 aromatic rings. The smallest absolute Gasteiger partial charge is 0.0620 e. The number of hydrogen-bond donors (Lipinski definition) is 0. The summed E-state index contributed by atoms with van der Waals surface area (Å²) in [4.78, 5) is 4.97. The molecule has 2 aliphatic carbocycles. The zero-order valence-electron chi connectivity index (χ0n) is 51.9. The van der Waals surface area contributed by atoms with E-state index in [1.165, 1.54) is 136 Å². The van der Waals surface area contributed by atoms with Crippen LogP contribution >= 0.6 is 11.3 Å². The molecule has 0 amide bonds. The molecule has 0 spiro atoms. The van der Waals surface area contributed by atoms with Crippen molar-refractivity contribution < 1.29 is 0 Å². The number of rotatable bonds is 6. The Bertz CT molecular complexity index is 5160. The van der Waals surface area contributed by atoms with Crippen LogP contribution in [-0.4, -0.2) is 4.40 Å². The summed E-state index contributed by atoms with van der Waals surface area (Å²) < 4.78 is 5.21. The van der Waals surface area contributed by atoms with E-state index >= 15 is 0 Å². The fraction of sp³-hybridized carbons (Fsp3) is 0.220. The molecule has 422 valence electrons. The van der Waals surface area contributed by atoms with Crippen molar-refractivity contribution >= 4 is 115 Å². The van der Waals surface area contributed by atoms with Crippen molar-refractivity contribution in [1.82, 2.24) is 4.40 Å². The lowest BCUT2D eigenvalue weighted by Gasteiger charge is -2.29. The summed E-state index contributed by atoms with van der Waals surface area (Å²) in [6, 6.07) is 79.9. The van der Waals surface area contributed by atoms with Crippen LogP contribution in [0.25, 0.3) is 91.3 Å². The Kier molecular flexibility index (Phi) is 11.0. The van der Waals surface area contributed by atoms with Gasteiger partial charge in [0.1, 0.15) is 0 Å². The van der Waals surface area contributed by atoms with Crippen LogP contribution < -0.4 is 9.80 Å². The molecule has 0 N–H and O–H groups in total. The lowest BCUT2D eigenvalue weighted by atomic mass is 9.82. The molecular formula is C82H73N3S. The summed E-state index contributed by atoms with van der Waals surface area (Å²) in [6.45, 7) is 30.4. The molecule has 11 aromatic carbocycles. The minimum Gasteiger partial charge on any atom is -0.310 e. The summed E-state index contributed by atoms with van der Waals surface area (Å²) in [7, 11) is 0. The normalized spacial score (nSPS) is 14.5. The fourth-order valence-electron chi connectivity index (χ4n) is 15.2. The number of nitrogens with zero attached hydrogens (tertiary/aromatic N) is 3. The van der Waals surface area contributed by atoms with Crippen molar-refractivity contribution in [2.24, 2.45) is 0 Å². The predicted octanol–water partition coefficient (Wildman–Crippen LogP) is 23.8. The van der Waals surface area contributed by atoms with Gasteiger partial charge in [0.2, 0.25) is 0 Å². The first-order chi connectivity index (χ1) is 41.0. The Balaban J connectivity index is 0.875. The largest absolute Gasteiger partial charge is 0.310 e. The van der Waals surface area contributed by atoms with E-state index in [9.17, 15) is 0 Å². The first kappa shape index (κ1) is 52.8. The van der Waals surface area contributed by atoms with E-state index in [-0.39, 0.29) is 27.1 Å². The van der Waals surface area contributed by atoms with Crippen LogP contribution in [0.1, 0.15) is 129 Å². The van der Waals surface area contributed by atoms with Gasteiger partial charge < -0.3 is 14.2 Å². The first-order valence-corrected chi connectivity index (χ1v) is 31.7. The van der Waals surface area contributed by atoms with Gasteiger partial charge in [-0.25, -0.2) is 0 Å². The third kappa shape index (κ3) is 7.64. The number of benzene rings is 11. The molecule has 3 aromatic heterocycles. The van der Waals surface area contributed by atoms with E-state index in [1.54, 1.807) is 0 Å². The molecule has 0 bridgehead atoms. The Morgan fingerprint density at radius 1 is 0.326 bits per heavy atom. The van der Waals surface area contributed by atoms with Crippen LogP contribution in [0.15, 0.2) is 206 Å². The molecule has 0 saturated carbocycles. The maximum atomic E-state index is 2.59. The average molecular weight is 1130 g/mol. The van der Waals surface area contributed by atoms with Crippen LogP contribution in [-0.2, 0) is 27.1 Å². The minimum absolute atomic E-state index is 0.0344. The number of hydrogen-bond acceptors (Lipinski definition) is 3. The molecule has 86 heavy (non-hydrogen) atoms. The third-order valence-corrected chi connectivity index (χ3v) is 21.2. The monoisotopic (exact) mass is 1130 g/mol. The predicted molar refractivity (Wildman–Crippen MR) is 372 cm³/mol. The van der Waals surface area contributed by atoms with Crippen LogP contribution in [0, 0.1) is 0 Å². The standard InChI is InChI=1S/C82H73N3S/c1-78(2,3)48-22-26-51(27-23-48)83(53-30-34-59-57-18-14-16-20-68(57)81(10,11)70(59)44-53)55-32-36-61-66-42-50(80(7,8)9)43-67-75-63-38-39-64-62-37-33-56(47-74(62)86-77(64)65(63)40-41-72(75)85(76(66)67)73(61)46-55)84(52-28-24-49(25-29-52)79(4,5)6)54-31-35-60-58-19-15-17-21-69(58)82(12,13)71(60)45-54/h14-47H,1-13H3. The van der Waals surface area contributed by atoms with E-state index in [1.807, 2.05) is 11.3 Å². The average Bonchev–Trinajstić information content (AvgIpc) is 1.54. The molecule has 0 saturated heterocycles. The Morgan fingerprint density at radius 2 is 0.744 bits per heavy atom. The summed E-state index contributed by atoms with van der Waals surface area (Å²) in [5.74, 6) is 0. The molecule has 4 heteroatoms. The Morgan fingerprint density at radius 3 is 1.29 bits per heavy atom. The molecular weight excluding hydrogens is 1060 g/mol. The van der Waals surface area contributed by atoms with Gasteiger partial charge in [-0.05, 0) is 174 Å². The zero-order chi connectivity index (χ0) is 59.3. The van der Waals surface area contributed by atoms with Gasteiger partial charge in [0.05, 0.1) is 16.6 Å². The maximum Gasteiger partial charge on any atom is 0.0620 e. The molecule has 0 unspecified atom stereocenters. The summed E-state index contributed by atoms with van der Waals surface area (Å²) >= 11 is 1.93. The molecule has 0 radical (unpaired) electrons. The molecule has 16 rings (SSSR count). The zero-order valence-corrected chi connectivity index (χ0v) is 52.7. The van der Waals surface area contributed by atoms with Crippen molar-refractivity contribution in [2.45, 2.75) is 117 Å². The second kappa shape index (κ2) is 17.9. The quantitative estimate of drug-likeness (QED) is 0.164. The minimum atomic E-state index is -0.133. The molecule has 3 heterocycles. The second-order valence-corrected chi connectivity index (χ2v) is 30.1. The van der Waals surface area contributed by atoms with Gasteiger partial charge in [0.25, 0.3) is 0 Å². The SMILES string of the molecule is CC(C)(C)c1ccc(N(c2ccc3c(c2)C(C)(C)c2ccccc2-3)c2ccc3c(c2)sc2c3ccc3c2ccc2c3c3cc(C(C)(C)C)cc4c5ccc(N(c6ccc(C(C)(C)C)cc6)c6ccc7c(c6)C(C)(C)c6ccccc6-7)cc5n2c43)cc1. The highest BCUT2D eigenvalue weighted by Crippen LogP contribution is 2.54. The van der Waals surface area contributed by atoms with E-state index in [0.29, 0.717) is 0 Å². The molecule has 0 fully saturated rings. The summed E-state index contributed by atoms with van der Waals surface area (Å²) in [5, 5.41) is 10.4. The van der Waals surface area contributed by atoms with E-state index < -0.39 is 0 Å². The number of fused-ring (bicyclic) bond motifs is 18. The summed E-state index contributed by atoms with van der Waals surface area (Å²) in [6.07, 6.45) is 0. The third-order valence-electron chi connectivity index (χ3n) is 20.0. The van der Waals surface area contributed by atoms with E-state index in [0.717, 1.165) is 28.4 Å². The highest BCUT2D eigenvalue weighted by atomic mass is 32.1. The van der Waals surface area contributed by atoms with Crippen LogP contribution in [0.5, 0.6) is 0 Å². The van der Waals surface area contributed by atoms with Crippen LogP contribution in [0.4, 0.5) is 34.1 Å². The van der Waals surface area contributed by atoms with Gasteiger partial charge in [-0.2, -0.15) is 0 Å². The molecule has 3 nitrogen and oxygen atoms in total. The van der Waals surface area contributed by atoms with Crippen LogP contribution in [0.2, 0.25) is 0 Å². The molecule has 2 aliphatic rings. The lowest BCUT2D eigenvalue weighted by molar-refractivity contribution is 0.590. The van der Waals surface area contributed by atoms with Crippen molar-refractivity contribution in [3.63, 3.8) is 0 Å². The van der Waals surface area contributed by atoms with E-state index in [2.05, 4.69) is 310 Å². The summed E-state index contributed by atoms with van der Waals surface area (Å²) in [5.41, 5.74) is 25.3. The highest BCUT2D eigenvalue weighted by molar-refractivity contribution is 7.26. The van der Waals surface area contributed by atoms with Crippen LogP contribution in [0.3, 0.4) is 0 Å². The number of thiophene rings is 1. The van der Waals surface area contributed by atoms with Gasteiger partial charge in [-0.15, -0.1) is 11.3 Å². The van der Waals surface area contributed by atoms with Crippen molar-refractivity contribution in [3.8, 4) is 22.3 Å². The van der Waals surface area contributed by atoms with Gasteiger partial charge in [0, 0.05) is 92.1 Å². The van der Waals surface area contributed by atoms with Gasteiger partial charge in [-0.1, -0.05) is 205 Å². The van der Waals surface area contributed by atoms with Gasteiger partial charge >= 0.3 is 0 Å². The number of aromatic nitrogens is 1. The fourth-order valence-corrected chi connectivity index (χ4v) is 16.4. The molecule has 0 aliphatic heterocycles. The first-order valence-electron chi connectivity index (χ1n) is 30.9. The van der Waals surface area contributed by atoms with Gasteiger partial charge in [0.15, 0.2) is 0 Å². The number of anilines is 6.